The summed E-state index contributed by atoms with van der Waals surface area (Å²) in [6, 6.07) is 31.5. The molecule has 0 aromatic heterocycles. The van der Waals surface area contributed by atoms with Crippen molar-refractivity contribution in [3.63, 3.8) is 0 Å². The molecule has 82 heavy (non-hydrogen) atoms. The summed E-state index contributed by atoms with van der Waals surface area (Å²) in [5.74, 6) is -1.28. The van der Waals surface area contributed by atoms with Crippen LogP contribution in [0, 0.1) is 20.2 Å². The molecule has 0 spiro atoms. The van der Waals surface area contributed by atoms with Crippen LogP contribution in [-0.4, -0.2) is 33.5 Å². The van der Waals surface area contributed by atoms with Crippen molar-refractivity contribution in [3.8, 4) is 44.5 Å². The van der Waals surface area contributed by atoms with E-state index < -0.39 is 9.85 Å². The molecule has 0 radical (unpaired) electrons. The predicted molar refractivity (Wildman–Crippen MR) is 335 cm³/mol. The van der Waals surface area contributed by atoms with Crippen molar-refractivity contribution in [1.29, 1.82) is 0 Å². The van der Waals surface area contributed by atoms with E-state index in [0.717, 1.165) is 11.8 Å². The Morgan fingerprint density at radius 1 is 0.378 bits per heavy atom. The lowest BCUT2D eigenvalue weighted by atomic mass is 10.0. The molecule has 0 saturated heterocycles. The average molecular weight is 1300 g/mol. The van der Waals surface area contributed by atoms with Gasteiger partial charge >= 0.3 is 0 Å². The number of amides is 4. The van der Waals surface area contributed by atoms with Gasteiger partial charge in [-0.15, -0.1) is 0 Å². The zero-order valence-corrected chi connectivity index (χ0v) is 50.4. The lowest BCUT2D eigenvalue weighted by Crippen LogP contribution is -2.08. The SMILES string of the molecule is CC(=O)Nc1ccc(Sc2ccc(NC(C)=O)c(-c3ccc(N)cc3Cl)c2Cl)c(Cl)c1-c1ccc(N)cc1Cl.CC(=O)Nc1ccc(Sc2ccc(NC(C)=O)c(-c3ccc([N+](=O)[O-])cc3Cl)c2Cl)c(Cl)c1-c1ccc([N+](=O)[O-])cc1Cl. The zero-order valence-electron chi connectivity index (χ0n) is 42.7. The Balaban J connectivity index is 0.000000237. The highest BCUT2D eigenvalue weighted by Crippen LogP contribution is 2.52. The minimum absolute atomic E-state index is 0.0395. The van der Waals surface area contributed by atoms with Gasteiger partial charge in [-0.2, -0.15) is 0 Å². The number of hydrogen-bond donors (Lipinski definition) is 6. The third-order valence-electron chi connectivity index (χ3n) is 11.5. The molecule has 0 unspecified atom stereocenters. The predicted octanol–water partition coefficient (Wildman–Crippen LogP) is 18.4. The van der Waals surface area contributed by atoms with Crippen LogP contribution in [0.5, 0.6) is 0 Å². The molecular formula is C56H40Cl8N8O8S2. The molecule has 0 saturated carbocycles. The van der Waals surface area contributed by atoms with Crippen LogP contribution in [0.15, 0.2) is 141 Å². The second kappa shape index (κ2) is 27.0. The van der Waals surface area contributed by atoms with E-state index in [1.54, 1.807) is 84.9 Å². The summed E-state index contributed by atoms with van der Waals surface area (Å²) in [5.41, 5.74) is 17.5. The van der Waals surface area contributed by atoms with Crippen LogP contribution in [0.25, 0.3) is 44.5 Å². The van der Waals surface area contributed by atoms with Crippen LogP contribution in [-0.2, 0) is 19.2 Å². The maximum absolute atomic E-state index is 11.9. The number of nitrogens with two attached hydrogens (primary N) is 2. The first kappa shape index (κ1) is 62.7. The molecule has 0 bridgehead atoms. The number of anilines is 6. The normalized spacial score (nSPS) is 10.8. The summed E-state index contributed by atoms with van der Waals surface area (Å²) < 4.78 is 0. The van der Waals surface area contributed by atoms with Gasteiger partial charge in [0.2, 0.25) is 23.6 Å². The Labute approximate surface area is 516 Å². The first-order valence-electron chi connectivity index (χ1n) is 23.5. The van der Waals surface area contributed by atoms with Crippen molar-refractivity contribution in [2.24, 2.45) is 0 Å². The van der Waals surface area contributed by atoms with Crippen LogP contribution in [0.4, 0.5) is 45.5 Å². The Morgan fingerprint density at radius 2 is 0.610 bits per heavy atom. The van der Waals surface area contributed by atoms with E-state index in [9.17, 15) is 39.4 Å². The summed E-state index contributed by atoms with van der Waals surface area (Å²) in [7, 11) is 0. The number of rotatable bonds is 14. The maximum atomic E-state index is 11.9. The first-order chi connectivity index (χ1) is 38.7. The Kier molecular flexibility index (Phi) is 20.6. The van der Waals surface area contributed by atoms with Gasteiger partial charge in [0, 0.05) is 127 Å². The summed E-state index contributed by atoms with van der Waals surface area (Å²) in [5, 5.41) is 35.4. The quantitative estimate of drug-likeness (QED) is 0.0338. The van der Waals surface area contributed by atoms with Crippen LogP contribution < -0.4 is 32.7 Å². The molecule has 0 aliphatic carbocycles. The van der Waals surface area contributed by atoms with E-state index in [1.807, 2.05) is 0 Å². The van der Waals surface area contributed by atoms with Gasteiger partial charge in [0.05, 0.1) is 72.8 Å². The largest absolute Gasteiger partial charge is 0.399 e. The maximum Gasteiger partial charge on any atom is 0.270 e. The van der Waals surface area contributed by atoms with Gasteiger partial charge in [0.1, 0.15) is 0 Å². The van der Waals surface area contributed by atoms with Crippen LogP contribution in [0.3, 0.4) is 0 Å². The summed E-state index contributed by atoms with van der Waals surface area (Å²) in [4.78, 5) is 71.3. The molecule has 0 atom stereocenters. The number of carbonyl (C=O) groups excluding carboxylic acids is 4. The van der Waals surface area contributed by atoms with Gasteiger partial charge < -0.3 is 32.7 Å². The molecule has 0 aliphatic heterocycles. The Bertz CT molecular complexity index is 3720. The standard InChI is InChI=1S/C28H18Cl4N4O6S.C28H22Cl4N4O2S/c1-13(37)33-21-7-9-23(27(31)25(21)17-5-3-15(35(39)40)11-19(17)29)43-24-10-8-22(34-14(2)38)26(28(24)32)18-6-4-16(36(41)42)12-20(18)30;1-13(37)35-21-7-9-23(27(31)25(21)17-5-3-15(33)11-19(17)29)39-24-10-8-22(36-14(2)38)26(28(24)32)18-6-4-16(34)12-20(18)30/h3-12H,1-2H3,(H,33,37)(H,34,38);3-12H,33-34H2,1-2H3,(H,35,37)(H,36,38). The van der Waals surface area contributed by atoms with Crippen molar-refractivity contribution in [2.75, 3.05) is 32.7 Å². The fourth-order valence-corrected chi connectivity index (χ4v) is 12.5. The molecule has 8 rings (SSSR count). The molecule has 8 aromatic rings. The number of halogens is 8. The molecule has 4 amide bonds. The third kappa shape index (κ3) is 14.6. The molecule has 420 valence electrons. The fourth-order valence-electron chi connectivity index (χ4n) is 8.12. The van der Waals surface area contributed by atoms with Crippen molar-refractivity contribution in [3.05, 3.63) is 182 Å². The highest BCUT2D eigenvalue weighted by Gasteiger charge is 2.25. The summed E-state index contributed by atoms with van der Waals surface area (Å²) >= 11 is 56.0. The van der Waals surface area contributed by atoms with E-state index >= 15 is 0 Å². The van der Waals surface area contributed by atoms with E-state index in [2.05, 4.69) is 21.3 Å². The van der Waals surface area contributed by atoms with E-state index in [-0.39, 0.29) is 55.1 Å². The third-order valence-corrected chi connectivity index (χ3v) is 17.0. The minimum Gasteiger partial charge on any atom is -0.399 e. The van der Waals surface area contributed by atoms with Gasteiger partial charge in [-0.25, -0.2) is 0 Å². The monoisotopic (exact) mass is 1300 g/mol. The average Bonchev–Trinajstić information content (AvgIpc) is 2.82. The number of nitrogens with one attached hydrogen (secondary N) is 4. The van der Waals surface area contributed by atoms with Gasteiger partial charge in [-0.1, -0.05) is 128 Å². The van der Waals surface area contributed by atoms with E-state index in [4.69, 9.17) is 104 Å². The fraction of sp³-hybridized carbons (Fsp3) is 0.0714. The second-order valence-corrected chi connectivity index (χ2v) is 22.8. The molecular weight excluding hydrogens is 1260 g/mol. The molecule has 16 nitrogen and oxygen atoms in total. The number of hydrogen-bond acceptors (Lipinski definition) is 12. The van der Waals surface area contributed by atoms with Crippen molar-refractivity contribution >= 4 is 185 Å². The number of nitrogens with zero attached hydrogens (tertiary/aromatic N) is 2. The van der Waals surface area contributed by atoms with Crippen LogP contribution in [0.1, 0.15) is 27.7 Å². The number of carbonyl (C=O) groups is 4. The zero-order chi connectivity index (χ0) is 60.0. The summed E-state index contributed by atoms with van der Waals surface area (Å²) in [6.45, 7) is 5.45. The molecule has 0 heterocycles. The molecule has 0 fully saturated rings. The molecule has 8 N–H and O–H groups in total. The van der Waals surface area contributed by atoms with Crippen molar-refractivity contribution in [1.82, 2.24) is 0 Å². The number of benzene rings is 8. The van der Waals surface area contributed by atoms with Crippen LogP contribution >= 0.6 is 116 Å². The Morgan fingerprint density at radius 3 is 0.817 bits per heavy atom. The van der Waals surface area contributed by atoms with Gasteiger partial charge in [-0.05, 0) is 84.9 Å². The lowest BCUT2D eigenvalue weighted by molar-refractivity contribution is -0.385. The van der Waals surface area contributed by atoms with Crippen molar-refractivity contribution < 1.29 is 29.0 Å². The summed E-state index contributed by atoms with van der Waals surface area (Å²) in [6.07, 6.45) is 0. The van der Waals surface area contributed by atoms with E-state index in [0.29, 0.717) is 118 Å². The van der Waals surface area contributed by atoms with Gasteiger partial charge in [-0.3, -0.25) is 39.4 Å². The highest BCUT2D eigenvalue weighted by molar-refractivity contribution is 7.99. The number of non-ortho nitro benzene ring substituents is 2. The molecule has 8 aromatic carbocycles. The minimum atomic E-state index is -0.584. The number of nitro groups is 2. The number of nitrogen functional groups attached to an aromatic ring is 2. The Hall–Kier alpha value is -6.94. The van der Waals surface area contributed by atoms with Crippen molar-refractivity contribution in [2.45, 2.75) is 47.3 Å². The van der Waals surface area contributed by atoms with Gasteiger partial charge in [0.15, 0.2) is 0 Å². The first-order valence-corrected chi connectivity index (χ1v) is 28.2. The van der Waals surface area contributed by atoms with Gasteiger partial charge in [0.25, 0.3) is 11.4 Å². The van der Waals surface area contributed by atoms with E-state index in [1.165, 1.54) is 75.9 Å². The molecule has 26 heteroatoms. The topological polar surface area (TPSA) is 255 Å². The van der Waals surface area contributed by atoms with Crippen LogP contribution in [0.2, 0.25) is 40.2 Å². The number of nitro benzene ring substituents is 2. The highest BCUT2D eigenvalue weighted by atomic mass is 35.5. The second-order valence-electron chi connectivity index (χ2n) is 17.5. The molecule has 0 aliphatic rings. The smallest absolute Gasteiger partial charge is 0.270 e. The lowest BCUT2D eigenvalue weighted by Gasteiger charge is -2.19.